The standard InChI is InChI=1S/C4H8S4/c1-3-5-7-4(2)8-6-3/h3-4H,1-2H3. The summed E-state index contributed by atoms with van der Waals surface area (Å²) in [4.78, 5) is 0. The SMILES string of the molecule is CC1SSC(C)SS1. The fourth-order valence-electron chi connectivity index (χ4n) is 0.345. The molecule has 1 heterocycles. The number of hydrogen-bond donors (Lipinski definition) is 0. The van der Waals surface area contributed by atoms with Crippen LogP contribution in [0.1, 0.15) is 13.8 Å². The monoisotopic (exact) mass is 184 g/mol. The van der Waals surface area contributed by atoms with Gasteiger partial charge >= 0.3 is 0 Å². The summed E-state index contributed by atoms with van der Waals surface area (Å²) in [5.74, 6) is 0. The van der Waals surface area contributed by atoms with E-state index in [0.29, 0.717) is 0 Å². The minimum Gasteiger partial charge on any atom is -0.0780 e. The van der Waals surface area contributed by atoms with Crippen molar-refractivity contribution in [2.75, 3.05) is 0 Å². The van der Waals surface area contributed by atoms with Gasteiger partial charge in [-0.2, -0.15) is 0 Å². The van der Waals surface area contributed by atoms with Crippen LogP contribution < -0.4 is 0 Å². The van der Waals surface area contributed by atoms with Crippen LogP contribution in [0.15, 0.2) is 0 Å². The van der Waals surface area contributed by atoms with Crippen molar-refractivity contribution in [3.05, 3.63) is 0 Å². The lowest BCUT2D eigenvalue weighted by Gasteiger charge is -2.19. The van der Waals surface area contributed by atoms with Gasteiger partial charge < -0.3 is 0 Å². The van der Waals surface area contributed by atoms with Crippen molar-refractivity contribution in [2.24, 2.45) is 0 Å². The Balaban J connectivity index is 2.19. The quantitative estimate of drug-likeness (QED) is 0.529. The first-order valence-corrected chi connectivity index (χ1v) is 6.98. The molecule has 0 atom stereocenters. The van der Waals surface area contributed by atoms with Gasteiger partial charge in [-0.25, -0.2) is 0 Å². The van der Waals surface area contributed by atoms with E-state index in [9.17, 15) is 0 Å². The van der Waals surface area contributed by atoms with Gasteiger partial charge in [-0.15, -0.1) is 0 Å². The molecule has 0 amide bonds. The van der Waals surface area contributed by atoms with Crippen LogP contribution in [0.4, 0.5) is 0 Å². The summed E-state index contributed by atoms with van der Waals surface area (Å²) in [7, 11) is 7.94. The zero-order chi connectivity index (χ0) is 5.98. The second kappa shape index (κ2) is 3.54. The van der Waals surface area contributed by atoms with E-state index in [1.165, 1.54) is 0 Å². The van der Waals surface area contributed by atoms with Crippen LogP contribution in [0.2, 0.25) is 0 Å². The molecule has 0 spiro atoms. The molecule has 4 heteroatoms. The fourth-order valence-corrected chi connectivity index (χ4v) is 7.05. The molecule has 0 aromatic carbocycles. The molecule has 1 rings (SSSR count). The molecule has 48 valence electrons. The van der Waals surface area contributed by atoms with Crippen molar-refractivity contribution in [1.82, 2.24) is 0 Å². The van der Waals surface area contributed by atoms with E-state index in [1.807, 2.05) is 43.2 Å². The Morgan fingerprint density at radius 3 is 1.25 bits per heavy atom. The van der Waals surface area contributed by atoms with E-state index in [0.717, 1.165) is 9.16 Å². The molecular formula is C4H8S4. The summed E-state index contributed by atoms with van der Waals surface area (Å²) in [6.07, 6.45) is 0. The van der Waals surface area contributed by atoms with Crippen LogP contribution in [0.25, 0.3) is 0 Å². The van der Waals surface area contributed by atoms with Gasteiger partial charge in [0, 0.05) is 0 Å². The third-order valence-corrected chi connectivity index (χ3v) is 8.71. The van der Waals surface area contributed by atoms with Crippen LogP contribution in [0.3, 0.4) is 0 Å². The predicted octanol–water partition coefficient (Wildman–Crippen LogP) is 3.45. The molecule has 8 heavy (non-hydrogen) atoms. The van der Waals surface area contributed by atoms with Gasteiger partial charge in [0.05, 0.1) is 9.16 Å². The third kappa shape index (κ3) is 2.33. The molecule has 1 saturated heterocycles. The summed E-state index contributed by atoms with van der Waals surface area (Å²) in [6, 6.07) is 0. The van der Waals surface area contributed by atoms with E-state index in [2.05, 4.69) is 13.8 Å². The van der Waals surface area contributed by atoms with E-state index in [-0.39, 0.29) is 0 Å². The van der Waals surface area contributed by atoms with E-state index in [4.69, 9.17) is 0 Å². The third-order valence-electron chi connectivity index (χ3n) is 0.653. The van der Waals surface area contributed by atoms with Crippen LogP contribution in [0.5, 0.6) is 0 Å². The van der Waals surface area contributed by atoms with Crippen molar-refractivity contribution in [1.29, 1.82) is 0 Å². The Bertz CT molecular complexity index is 56.4. The minimum atomic E-state index is 0.779. The summed E-state index contributed by atoms with van der Waals surface area (Å²) in [5, 5.41) is 0. The Morgan fingerprint density at radius 2 is 1.00 bits per heavy atom. The Labute approximate surface area is 66.1 Å². The Morgan fingerprint density at radius 1 is 0.750 bits per heavy atom. The lowest BCUT2D eigenvalue weighted by atomic mass is 11.0. The van der Waals surface area contributed by atoms with Gasteiger partial charge in [0.2, 0.25) is 0 Å². The van der Waals surface area contributed by atoms with Crippen molar-refractivity contribution < 1.29 is 0 Å². The first kappa shape index (κ1) is 7.51. The van der Waals surface area contributed by atoms with Crippen LogP contribution in [0, 0.1) is 0 Å². The molecule has 0 saturated carbocycles. The highest BCUT2D eigenvalue weighted by Crippen LogP contribution is 2.52. The van der Waals surface area contributed by atoms with Crippen molar-refractivity contribution >= 4 is 43.2 Å². The number of hydrogen-bond acceptors (Lipinski definition) is 4. The number of rotatable bonds is 0. The fraction of sp³-hybridized carbons (Fsp3) is 1.00. The molecule has 0 nitrogen and oxygen atoms in total. The molecule has 0 N–H and O–H groups in total. The smallest absolute Gasteiger partial charge is 0.0682 e. The molecule has 0 radical (unpaired) electrons. The van der Waals surface area contributed by atoms with Gasteiger partial charge in [0.1, 0.15) is 0 Å². The zero-order valence-electron chi connectivity index (χ0n) is 4.79. The molecular weight excluding hydrogens is 176 g/mol. The average molecular weight is 184 g/mol. The molecule has 0 aromatic heterocycles. The molecule has 0 aromatic rings. The maximum atomic E-state index is 2.25. The first-order valence-electron chi connectivity index (χ1n) is 2.43. The highest BCUT2D eigenvalue weighted by molar-refractivity contribution is 8.93. The largest absolute Gasteiger partial charge is 0.0780 e. The van der Waals surface area contributed by atoms with Gasteiger partial charge in [-0.3, -0.25) is 0 Å². The summed E-state index contributed by atoms with van der Waals surface area (Å²) in [6.45, 7) is 4.50. The normalized spacial score (nSPS) is 39.8. The van der Waals surface area contributed by atoms with E-state index < -0.39 is 0 Å². The average Bonchev–Trinajstić information content (AvgIpc) is 1.77. The molecule has 1 aliphatic rings. The first-order chi connectivity index (χ1) is 3.79. The van der Waals surface area contributed by atoms with Gasteiger partial charge in [0.15, 0.2) is 0 Å². The second-order valence-electron chi connectivity index (χ2n) is 1.52. The van der Waals surface area contributed by atoms with Gasteiger partial charge in [-0.05, 0) is 13.8 Å². The maximum Gasteiger partial charge on any atom is 0.0682 e. The zero-order valence-corrected chi connectivity index (χ0v) is 8.05. The summed E-state index contributed by atoms with van der Waals surface area (Å²) < 4.78 is 1.56. The summed E-state index contributed by atoms with van der Waals surface area (Å²) in [5.41, 5.74) is 0. The van der Waals surface area contributed by atoms with Crippen LogP contribution >= 0.6 is 43.2 Å². The van der Waals surface area contributed by atoms with E-state index in [1.54, 1.807) is 0 Å². The summed E-state index contributed by atoms with van der Waals surface area (Å²) >= 11 is 0. The Hall–Kier alpha value is 1.40. The molecule has 0 unspecified atom stereocenters. The van der Waals surface area contributed by atoms with Crippen LogP contribution in [-0.2, 0) is 0 Å². The van der Waals surface area contributed by atoms with Gasteiger partial charge in [-0.1, -0.05) is 43.2 Å². The molecule has 0 aliphatic carbocycles. The highest BCUT2D eigenvalue weighted by atomic mass is 33.2. The molecule has 1 fully saturated rings. The topological polar surface area (TPSA) is 0 Å². The minimum absolute atomic E-state index is 0.779. The molecule has 1 aliphatic heterocycles. The van der Waals surface area contributed by atoms with Crippen molar-refractivity contribution in [3.63, 3.8) is 0 Å². The van der Waals surface area contributed by atoms with Crippen molar-refractivity contribution in [3.8, 4) is 0 Å². The highest BCUT2D eigenvalue weighted by Gasteiger charge is 2.16. The Kier molecular flexibility index (Phi) is 3.32. The van der Waals surface area contributed by atoms with Gasteiger partial charge in [0.25, 0.3) is 0 Å². The second-order valence-corrected chi connectivity index (χ2v) is 8.02. The predicted molar refractivity (Wildman–Crippen MR) is 49.3 cm³/mol. The maximum absolute atomic E-state index is 2.25. The van der Waals surface area contributed by atoms with E-state index >= 15 is 0 Å². The molecule has 0 bridgehead atoms. The van der Waals surface area contributed by atoms with Crippen LogP contribution in [-0.4, -0.2) is 9.16 Å². The van der Waals surface area contributed by atoms with Crippen molar-refractivity contribution in [2.45, 2.75) is 23.0 Å². The lowest BCUT2D eigenvalue weighted by Crippen LogP contribution is -1.94. The lowest BCUT2D eigenvalue weighted by molar-refractivity contribution is 1.42.